The summed E-state index contributed by atoms with van der Waals surface area (Å²) in [5.41, 5.74) is 0.820. The van der Waals surface area contributed by atoms with Crippen molar-refractivity contribution in [3.63, 3.8) is 0 Å². The highest BCUT2D eigenvalue weighted by molar-refractivity contribution is 7.92. The van der Waals surface area contributed by atoms with E-state index >= 15 is 0 Å². The number of amides is 1. The van der Waals surface area contributed by atoms with Crippen LogP contribution < -0.4 is 19.5 Å². The molecule has 0 aliphatic carbocycles. The molecule has 0 radical (unpaired) electrons. The number of hydrogen-bond acceptors (Lipinski definition) is 5. The fraction of sp³-hybridized carbons (Fsp3) is 0.409. The topological polar surface area (TPSA) is 93.7 Å². The number of sulfonamides is 1. The summed E-state index contributed by atoms with van der Waals surface area (Å²) < 4.78 is 38.2. The first-order valence-corrected chi connectivity index (χ1v) is 11.2. The highest BCUT2D eigenvalue weighted by atomic mass is 32.2. The molecular weight excluding hydrogens is 404 g/mol. The third kappa shape index (κ3) is 5.66. The van der Waals surface area contributed by atoms with Crippen LogP contribution in [0.3, 0.4) is 0 Å². The molecule has 0 spiro atoms. The molecule has 164 valence electrons. The van der Waals surface area contributed by atoms with Crippen molar-refractivity contribution >= 4 is 21.6 Å². The molecule has 0 heterocycles. The molecule has 0 fully saturated rings. The Bertz CT molecular complexity index is 962. The van der Waals surface area contributed by atoms with Crippen molar-refractivity contribution in [2.75, 3.05) is 18.9 Å². The fourth-order valence-electron chi connectivity index (χ4n) is 3.23. The van der Waals surface area contributed by atoms with Crippen LogP contribution in [0.1, 0.15) is 38.1 Å². The predicted octanol–water partition coefficient (Wildman–Crippen LogP) is 3.92. The van der Waals surface area contributed by atoms with Crippen LogP contribution in [0.2, 0.25) is 0 Å². The van der Waals surface area contributed by atoms with Crippen LogP contribution in [-0.4, -0.2) is 34.6 Å². The normalized spacial score (nSPS) is 11.6. The van der Waals surface area contributed by atoms with Gasteiger partial charge in [0, 0.05) is 23.4 Å². The molecule has 0 bridgehead atoms. The van der Waals surface area contributed by atoms with Gasteiger partial charge < -0.3 is 14.8 Å². The Kier molecular flexibility index (Phi) is 7.72. The molecule has 0 atom stereocenters. The minimum Gasteiger partial charge on any atom is -0.493 e. The minimum absolute atomic E-state index is 0.0404. The molecule has 2 aromatic rings. The van der Waals surface area contributed by atoms with Crippen LogP contribution in [0.4, 0.5) is 5.69 Å². The van der Waals surface area contributed by atoms with Crippen LogP contribution in [0.5, 0.6) is 11.5 Å². The van der Waals surface area contributed by atoms with Crippen molar-refractivity contribution in [1.82, 2.24) is 5.32 Å². The average Bonchev–Trinajstić information content (AvgIpc) is 2.70. The van der Waals surface area contributed by atoms with Crippen molar-refractivity contribution in [3.8, 4) is 11.5 Å². The molecule has 2 N–H and O–H groups in total. The van der Waals surface area contributed by atoms with Gasteiger partial charge in [-0.25, -0.2) is 8.42 Å². The second-order valence-corrected chi connectivity index (χ2v) is 9.37. The van der Waals surface area contributed by atoms with Gasteiger partial charge in [-0.1, -0.05) is 27.7 Å². The van der Waals surface area contributed by atoms with Crippen molar-refractivity contribution in [2.24, 2.45) is 11.8 Å². The number of rotatable bonds is 9. The third-order valence-electron chi connectivity index (χ3n) is 4.80. The SMILES string of the molecule is COc1ccc(S(=O)(=O)Nc2ccc(C(=O)NC(C(C)C)C(C)C)cc2)cc1OC. The van der Waals surface area contributed by atoms with Gasteiger partial charge in [-0.05, 0) is 48.2 Å². The fourth-order valence-corrected chi connectivity index (χ4v) is 4.30. The largest absolute Gasteiger partial charge is 0.493 e. The highest BCUT2D eigenvalue weighted by Gasteiger charge is 2.21. The number of ether oxygens (including phenoxy) is 2. The summed E-state index contributed by atoms with van der Waals surface area (Å²) >= 11 is 0. The number of benzene rings is 2. The van der Waals surface area contributed by atoms with Crippen LogP contribution in [0.25, 0.3) is 0 Å². The van der Waals surface area contributed by atoms with E-state index in [2.05, 4.69) is 37.7 Å². The van der Waals surface area contributed by atoms with Crippen LogP contribution in [0, 0.1) is 11.8 Å². The van der Waals surface area contributed by atoms with Gasteiger partial charge in [0.1, 0.15) is 0 Å². The van der Waals surface area contributed by atoms with Crippen molar-refractivity contribution < 1.29 is 22.7 Å². The number of methoxy groups -OCH3 is 2. The molecule has 7 nitrogen and oxygen atoms in total. The maximum absolute atomic E-state index is 12.7. The van der Waals surface area contributed by atoms with E-state index in [4.69, 9.17) is 9.47 Å². The summed E-state index contributed by atoms with van der Waals surface area (Å²) in [6, 6.07) is 10.7. The predicted molar refractivity (Wildman–Crippen MR) is 118 cm³/mol. The van der Waals surface area contributed by atoms with Gasteiger partial charge in [0.05, 0.1) is 19.1 Å². The Morgan fingerprint density at radius 2 is 1.43 bits per heavy atom. The van der Waals surface area contributed by atoms with Crippen molar-refractivity contribution in [3.05, 3.63) is 48.0 Å². The first-order chi connectivity index (χ1) is 14.1. The Balaban J connectivity index is 2.16. The lowest BCUT2D eigenvalue weighted by molar-refractivity contribution is 0.0910. The molecule has 0 saturated carbocycles. The van der Waals surface area contributed by atoms with E-state index in [9.17, 15) is 13.2 Å². The number of carbonyl (C=O) groups excluding carboxylic acids is 1. The maximum Gasteiger partial charge on any atom is 0.262 e. The molecule has 2 aromatic carbocycles. The molecule has 30 heavy (non-hydrogen) atoms. The zero-order valence-electron chi connectivity index (χ0n) is 18.2. The van der Waals surface area contributed by atoms with E-state index in [1.807, 2.05) is 0 Å². The van der Waals surface area contributed by atoms with Gasteiger partial charge in [-0.2, -0.15) is 0 Å². The van der Waals surface area contributed by atoms with Crippen LogP contribution >= 0.6 is 0 Å². The first kappa shape index (κ1) is 23.5. The molecule has 0 aliphatic heterocycles. The number of carbonyl (C=O) groups is 1. The number of nitrogens with one attached hydrogen (secondary N) is 2. The number of hydrogen-bond donors (Lipinski definition) is 2. The summed E-state index contributed by atoms with van der Waals surface area (Å²) in [5.74, 6) is 1.19. The van der Waals surface area contributed by atoms with Gasteiger partial charge in [-0.3, -0.25) is 9.52 Å². The Labute approximate surface area is 178 Å². The highest BCUT2D eigenvalue weighted by Crippen LogP contribution is 2.30. The van der Waals surface area contributed by atoms with Crippen LogP contribution in [-0.2, 0) is 10.0 Å². The molecule has 2 rings (SSSR count). The summed E-state index contributed by atoms with van der Waals surface area (Å²) in [4.78, 5) is 12.6. The monoisotopic (exact) mass is 434 g/mol. The van der Waals surface area contributed by atoms with Crippen molar-refractivity contribution in [2.45, 2.75) is 38.6 Å². The van der Waals surface area contributed by atoms with Gasteiger partial charge >= 0.3 is 0 Å². The lowest BCUT2D eigenvalue weighted by Crippen LogP contribution is -2.42. The molecule has 0 saturated heterocycles. The Morgan fingerprint density at radius 1 is 0.867 bits per heavy atom. The molecule has 8 heteroatoms. The van der Waals surface area contributed by atoms with E-state index < -0.39 is 10.0 Å². The second kappa shape index (κ2) is 9.84. The Morgan fingerprint density at radius 3 is 1.93 bits per heavy atom. The van der Waals surface area contributed by atoms with Crippen molar-refractivity contribution in [1.29, 1.82) is 0 Å². The van der Waals surface area contributed by atoms with E-state index in [1.54, 1.807) is 24.3 Å². The molecule has 0 unspecified atom stereocenters. The minimum atomic E-state index is -3.83. The smallest absolute Gasteiger partial charge is 0.262 e. The molecule has 1 amide bonds. The first-order valence-electron chi connectivity index (χ1n) is 9.74. The third-order valence-corrected chi connectivity index (χ3v) is 6.18. The summed E-state index contributed by atoms with van der Waals surface area (Å²) in [7, 11) is -0.914. The van der Waals surface area contributed by atoms with E-state index in [0.29, 0.717) is 34.6 Å². The lowest BCUT2D eigenvalue weighted by Gasteiger charge is -2.26. The summed E-state index contributed by atoms with van der Waals surface area (Å²) in [5, 5.41) is 3.05. The Hall–Kier alpha value is -2.74. The maximum atomic E-state index is 12.7. The lowest BCUT2D eigenvalue weighted by atomic mass is 9.93. The molecule has 0 aliphatic rings. The second-order valence-electron chi connectivity index (χ2n) is 7.69. The zero-order valence-corrected chi connectivity index (χ0v) is 19.0. The van der Waals surface area contributed by atoms with E-state index in [-0.39, 0.29) is 16.8 Å². The van der Waals surface area contributed by atoms with Gasteiger partial charge in [0.2, 0.25) is 0 Å². The van der Waals surface area contributed by atoms with Crippen LogP contribution in [0.15, 0.2) is 47.4 Å². The zero-order chi connectivity index (χ0) is 22.5. The van der Waals surface area contributed by atoms with Gasteiger partial charge in [0.15, 0.2) is 11.5 Å². The quantitative estimate of drug-likeness (QED) is 0.624. The van der Waals surface area contributed by atoms with E-state index in [0.717, 1.165) is 0 Å². The number of anilines is 1. The van der Waals surface area contributed by atoms with Gasteiger partial charge in [-0.15, -0.1) is 0 Å². The summed E-state index contributed by atoms with van der Waals surface area (Å²) in [6.45, 7) is 8.27. The van der Waals surface area contributed by atoms with E-state index in [1.165, 1.54) is 32.4 Å². The standard InChI is InChI=1S/C22H30N2O5S/c1-14(2)21(15(3)4)23-22(25)16-7-9-17(10-8-16)24-30(26,27)18-11-12-19(28-5)20(13-18)29-6/h7-15,21,24H,1-6H3,(H,23,25). The molecular formula is C22H30N2O5S. The van der Waals surface area contributed by atoms with Gasteiger partial charge in [0.25, 0.3) is 15.9 Å². The average molecular weight is 435 g/mol. The molecule has 0 aromatic heterocycles. The summed E-state index contributed by atoms with van der Waals surface area (Å²) in [6.07, 6.45) is 0.